The molecule has 2 aromatic rings. The van der Waals surface area contributed by atoms with Crippen LogP contribution in [0.3, 0.4) is 0 Å². The molecule has 2 atom stereocenters. The molecule has 2 N–H and O–H groups in total. The lowest BCUT2D eigenvalue weighted by Gasteiger charge is -2.37. The zero-order valence-corrected chi connectivity index (χ0v) is 17.6. The number of hydrogen-bond acceptors (Lipinski definition) is 6. The van der Waals surface area contributed by atoms with Crippen molar-refractivity contribution >= 4 is 34.5 Å². The first-order valence-corrected chi connectivity index (χ1v) is 10.1. The molecule has 1 amide bonds. The molecule has 2 bridgehead atoms. The molecule has 31 heavy (non-hydrogen) atoms. The third-order valence-electron chi connectivity index (χ3n) is 7.38. The Kier molecular flexibility index (Phi) is 4.68. The highest BCUT2D eigenvalue weighted by atomic mass is 16.6. The van der Waals surface area contributed by atoms with Crippen molar-refractivity contribution in [2.45, 2.75) is 33.6 Å². The summed E-state index contributed by atoms with van der Waals surface area (Å²) in [5.41, 5.74) is 1.22. The van der Waals surface area contributed by atoms with E-state index in [9.17, 15) is 19.7 Å². The van der Waals surface area contributed by atoms with Gasteiger partial charge in [0.05, 0.1) is 10.6 Å². The average Bonchev–Trinajstić information content (AvgIpc) is 3.02. The average molecular weight is 420 g/mol. The molecule has 0 heterocycles. The van der Waals surface area contributed by atoms with Crippen molar-refractivity contribution in [3.8, 4) is 0 Å². The molecule has 2 fully saturated rings. The maximum Gasteiger partial charge on any atom is 0.292 e. The number of Topliss-reactive ketones (excluding diaryl/α,β-unsaturated/α-hetero) is 1. The topological polar surface area (TPSA) is 114 Å². The molecule has 0 aliphatic heterocycles. The fourth-order valence-corrected chi connectivity index (χ4v) is 5.07. The number of hydrazone groups is 1. The van der Waals surface area contributed by atoms with E-state index in [0.717, 1.165) is 5.69 Å². The van der Waals surface area contributed by atoms with Gasteiger partial charge in [0.2, 0.25) is 5.91 Å². The number of nitrogens with zero attached hydrogens (tertiary/aromatic N) is 2. The van der Waals surface area contributed by atoms with Gasteiger partial charge in [0, 0.05) is 11.5 Å². The van der Waals surface area contributed by atoms with Gasteiger partial charge in [-0.15, -0.1) is 0 Å². The maximum atomic E-state index is 13.6. The quantitative estimate of drug-likeness (QED) is 0.423. The van der Waals surface area contributed by atoms with Crippen LogP contribution in [0.1, 0.15) is 33.6 Å². The van der Waals surface area contributed by atoms with Gasteiger partial charge in [-0.25, -0.2) is 0 Å². The van der Waals surface area contributed by atoms with Crippen LogP contribution in [0.2, 0.25) is 0 Å². The van der Waals surface area contributed by atoms with Crippen LogP contribution < -0.4 is 10.7 Å². The zero-order valence-electron chi connectivity index (χ0n) is 17.6. The number of carbonyl (C=O) groups is 2. The number of fused-ring (bicyclic) bond motifs is 2. The number of nitro benzene ring substituents is 1. The van der Waals surface area contributed by atoms with Gasteiger partial charge in [-0.2, -0.15) is 5.10 Å². The number of carbonyl (C=O) groups excluding carboxylic acids is 2. The number of nitro groups is 1. The number of ketones is 1. The Hall–Kier alpha value is -3.55. The predicted molar refractivity (Wildman–Crippen MR) is 118 cm³/mol. The fraction of sp³-hybridized carbons (Fsp3) is 0.348. The summed E-state index contributed by atoms with van der Waals surface area (Å²) < 4.78 is 0. The number of nitrogens with one attached hydrogen (secondary N) is 2. The standard InChI is InChI=1S/C23H24N4O4/c1-21(2)22(3)13-14-23(21,19(28)18(22)26-25-15-9-5-4-6-10-15)20(29)24-16-11-7-8-12-17(16)27(30)31/h4-12,25H,13-14H2,1-3H3,(H,24,29)/b26-18+. The molecule has 2 saturated carbocycles. The highest BCUT2D eigenvalue weighted by Gasteiger charge is 2.76. The number of amides is 1. The van der Waals surface area contributed by atoms with Crippen LogP contribution in [-0.2, 0) is 9.59 Å². The molecule has 2 aromatic carbocycles. The van der Waals surface area contributed by atoms with E-state index in [1.165, 1.54) is 18.2 Å². The number of benzene rings is 2. The van der Waals surface area contributed by atoms with Gasteiger partial charge in [-0.3, -0.25) is 25.1 Å². The van der Waals surface area contributed by atoms with Crippen LogP contribution in [0, 0.1) is 26.4 Å². The minimum atomic E-state index is -1.34. The van der Waals surface area contributed by atoms with Crippen molar-refractivity contribution in [1.29, 1.82) is 0 Å². The number of rotatable bonds is 5. The maximum absolute atomic E-state index is 13.6. The van der Waals surface area contributed by atoms with Crippen molar-refractivity contribution in [3.63, 3.8) is 0 Å². The van der Waals surface area contributed by atoms with E-state index in [4.69, 9.17) is 0 Å². The second-order valence-electron chi connectivity index (χ2n) is 8.86. The normalized spacial score (nSPS) is 27.3. The van der Waals surface area contributed by atoms with E-state index in [1.54, 1.807) is 6.07 Å². The van der Waals surface area contributed by atoms with Gasteiger partial charge in [0.1, 0.15) is 16.8 Å². The summed E-state index contributed by atoms with van der Waals surface area (Å²) in [6.07, 6.45) is 0.984. The van der Waals surface area contributed by atoms with Crippen molar-refractivity contribution < 1.29 is 14.5 Å². The fourth-order valence-electron chi connectivity index (χ4n) is 5.07. The van der Waals surface area contributed by atoms with Crippen LogP contribution >= 0.6 is 0 Å². The molecule has 0 spiro atoms. The Morgan fingerprint density at radius 1 is 1.03 bits per heavy atom. The van der Waals surface area contributed by atoms with Gasteiger partial charge in [0.15, 0.2) is 5.78 Å². The van der Waals surface area contributed by atoms with Gasteiger partial charge in [0.25, 0.3) is 5.69 Å². The van der Waals surface area contributed by atoms with Crippen molar-refractivity contribution in [3.05, 3.63) is 64.7 Å². The van der Waals surface area contributed by atoms with Crippen LogP contribution in [0.4, 0.5) is 17.1 Å². The smallest absolute Gasteiger partial charge is 0.292 e. The van der Waals surface area contributed by atoms with Gasteiger partial charge in [-0.1, -0.05) is 51.1 Å². The molecule has 0 radical (unpaired) electrons. The van der Waals surface area contributed by atoms with Crippen LogP contribution in [0.5, 0.6) is 0 Å². The molecule has 0 saturated heterocycles. The monoisotopic (exact) mass is 420 g/mol. The van der Waals surface area contributed by atoms with Crippen LogP contribution in [0.25, 0.3) is 0 Å². The SMILES string of the molecule is CC12CCC(C(=O)Nc3ccccc3[N+](=O)[O-])(C(=O)/C1=N\Nc1ccccc1)C2(C)C. The Bertz CT molecular complexity index is 1110. The lowest BCUT2D eigenvalue weighted by atomic mass is 9.64. The Labute approximate surface area is 179 Å². The highest BCUT2D eigenvalue weighted by Crippen LogP contribution is 2.69. The zero-order chi connectivity index (χ0) is 22.4. The first-order valence-electron chi connectivity index (χ1n) is 10.1. The number of hydrogen-bond donors (Lipinski definition) is 2. The predicted octanol–water partition coefficient (Wildman–Crippen LogP) is 4.40. The summed E-state index contributed by atoms with van der Waals surface area (Å²) in [7, 11) is 0. The van der Waals surface area contributed by atoms with Gasteiger partial charge < -0.3 is 5.32 Å². The minimum Gasteiger partial charge on any atom is -0.319 e. The third kappa shape index (κ3) is 2.78. The Morgan fingerprint density at radius 2 is 1.68 bits per heavy atom. The molecular weight excluding hydrogens is 396 g/mol. The summed E-state index contributed by atoms with van der Waals surface area (Å²) in [4.78, 5) is 37.9. The van der Waals surface area contributed by atoms with Crippen molar-refractivity contribution in [2.24, 2.45) is 21.3 Å². The van der Waals surface area contributed by atoms with E-state index < -0.39 is 27.1 Å². The summed E-state index contributed by atoms with van der Waals surface area (Å²) >= 11 is 0. The first kappa shape index (κ1) is 20.7. The van der Waals surface area contributed by atoms with Gasteiger partial charge >= 0.3 is 0 Å². The Balaban J connectivity index is 1.71. The number of para-hydroxylation sites is 3. The minimum absolute atomic E-state index is 0.0804. The van der Waals surface area contributed by atoms with E-state index in [0.29, 0.717) is 18.6 Å². The van der Waals surface area contributed by atoms with E-state index >= 15 is 0 Å². The second-order valence-corrected chi connectivity index (χ2v) is 8.86. The highest BCUT2D eigenvalue weighted by molar-refractivity contribution is 6.51. The van der Waals surface area contributed by atoms with Crippen LogP contribution in [-0.4, -0.2) is 22.3 Å². The summed E-state index contributed by atoms with van der Waals surface area (Å²) in [6.45, 7) is 5.77. The molecule has 8 nitrogen and oxygen atoms in total. The molecular formula is C23H24N4O4. The van der Waals surface area contributed by atoms with E-state index in [2.05, 4.69) is 15.8 Å². The molecule has 8 heteroatoms. The van der Waals surface area contributed by atoms with Crippen molar-refractivity contribution in [1.82, 2.24) is 0 Å². The number of anilines is 2. The first-order chi connectivity index (χ1) is 14.6. The summed E-state index contributed by atoms with van der Waals surface area (Å²) in [5.74, 6) is -0.851. The van der Waals surface area contributed by atoms with Crippen LogP contribution in [0.15, 0.2) is 59.7 Å². The molecule has 160 valence electrons. The molecule has 2 unspecified atom stereocenters. The van der Waals surface area contributed by atoms with E-state index in [-0.39, 0.29) is 17.2 Å². The largest absolute Gasteiger partial charge is 0.319 e. The molecule has 2 aliphatic carbocycles. The van der Waals surface area contributed by atoms with Gasteiger partial charge in [-0.05, 0) is 36.5 Å². The lowest BCUT2D eigenvalue weighted by Crippen LogP contribution is -2.47. The third-order valence-corrected chi connectivity index (χ3v) is 7.38. The molecule has 4 rings (SSSR count). The second kappa shape index (κ2) is 7.01. The lowest BCUT2D eigenvalue weighted by molar-refractivity contribution is -0.383. The van der Waals surface area contributed by atoms with E-state index in [1.807, 2.05) is 51.1 Å². The van der Waals surface area contributed by atoms with Crippen molar-refractivity contribution in [2.75, 3.05) is 10.7 Å². The summed E-state index contributed by atoms with van der Waals surface area (Å²) in [6, 6.07) is 15.2. The molecule has 2 aliphatic rings. The summed E-state index contributed by atoms with van der Waals surface area (Å²) in [5, 5.41) is 18.5. The molecule has 0 aromatic heterocycles. The Morgan fingerprint density at radius 3 is 2.35 bits per heavy atom.